The molecule has 0 radical (unpaired) electrons. The highest BCUT2D eigenvalue weighted by molar-refractivity contribution is 5.31. The van der Waals surface area contributed by atoms with Gasteiger partial charge in [0.15, 0.2) is 0 Å². The van der Waals surface area contributed by atoms with E-state index in [2.05, 4.69) is 6.07 Å². The van der Waals surface area contributed by atoms with Crippen LogP contribution in [0.1, 0.15) is 25.7 Å². The summed E-state index contributed by atoms with van der Waals surface area (Å²) in [5, 5.41) is 17.6. The topological polar surface area (TPSA) is 53.2 Å². The minimum absolute atomic E-state index is 0.206. The Bertz CT molecular complexity index is 240. The van der Waals surface area contributed by atoms with Gasteiger partial charge >= 0.3 is 0 Å². The van der Waals surface area contributed by atoms with Crippen LogP contribution in [-0.4, -0.2) is 18.8 Å². The highest BCUT2D eigenvalue weighted by atomic mass is 16.5. The molecule has 13 heavy (non-hydrogen) atoms. The molecule has 1 N–H and O–H groups in total. The molecule has 0 amide bonds. The highest BCUT2D eigenvalue weighted by Crippen LogP contribution is 2.34. The molecule has 3 heteroatoms. The van der Waals surface area contributed by atoms with Crippen LogP contribution in [0.5, 0.6) is 0 Å². The van der Waals surface area contributed by atoms with E-state index in [9.17, 15) is 0 Å². The zero-order chi connectivity index (χ0) is 9.68. The lowest BCUT2D eigenvalue weighted by Crippen LogP contribution is -2.00. The molecule has 72 valence electrons. The second-order valence-electron chi connectivity index (χ2n) is 3.25. The molecule has 0 bridgehead atoms. The molecule has 1 unspecified atom stereocenters. The van der Waals surface area contributed by atoms with Crippen molar-refractivity contribution in [2.24, 2.45) is 5.92 Å². The molecule has 0 saturated heterocycles. The standard InChI is InChI=1S/C10H15NO2/c1-13-10-5-4-8(3-2-6-12)9(10)7-11/h8,12H,2-6H2,1H3. The molecular weight excluding hydrogens is 166 g/mol. The number of aliphatic hydroxyl groups excluding tert-OH is 1. The van der Waals surface area contributed by atoms with E-state index in [1.165, 1.54) is 0 Å². The number of hydrogen-bond acceptors (Lipinski definition) is 3. The Kier molecular flexibility index (Phi) is 3.78. The number of nitriles is 1. The van der Waals surface area contributed by atoms with Crippen LogP contribution in [0, 0.1) is 17.2 Å². The van der Waals surface area contributed by atoms with Gasteiger partial charge < -0.3 is 9.84 Å². The van der Waals surface area contributed by atoms with Crippen LogP contribution in [-0.2, 0) is 4.74 Å². The van der Waals surface area contributed by atoms with Crippen molar-refractivity contribution < 1.29 is 9.84 Å². The summed E-state index contributed by atoms with van der Waals surface area (Å²) in [7, 11) is 1.61. The maximum absolute atomic E-state index is 8.89. The summed E-state index contributed by atoms with van der Waals surface area (Å²) >= 11 is 0. The van der Waals surface area contributed by atoms with Gasteiger partial charge in [0, 0.05) is 13.0 Å². The van der Waals surface area contributed by atoms with Crippen LogP contribution in [0.4, 0.5) is 0 Å². The molecule has 1 atom stereocenters. The molecule has 1 rings (SSSR count). The molecule has 0 aromatic carbocycles. The van der Waals surface area contributed by atoms with E-state index < -0.39 is 0 Å². The molecule has 1 aliphatic rings. The Labute approximate surface area is 78.6 Å². The van der Waals surface area contributed by atoms with Crippen molar-refractivity contribution in [2.75, 3.05) is 13.7 Å². The summed E-state index contributed by atoms with van der Waals surface area (Å²) < 4.78 is 5.12. The lowest BCUT2D eigenvalue weighted by atomic mass is 9.97. The highest BCUT2D eigenvalue weighted by Gasteiger charge is 2.25. The fourth-order valence-electron chi connectivity index (χ4n) is 1.80. The van der Waals surface area contributed by atoms with Crippen LogP contribution >= 0.6 is 0 Å². The number of methoxy groups -OCH3 is 1. The second-order valence-corrected chi connectivity index (χ2v) is 3.25. The molecule has 0 fully saturated rings. The summed E-state index contributed by atoms with van der Waals surface area (Å²) in [6.45, 7) is 0.206. The van der Waals surface area contributed by atoms with Gasteiger partial charge in [-0.1, -0.05) is 0 Å². The predicted molar refractivity (Wildman–Crippen MR) is 48.7 cm³/mol. The van der Waals surface area contributed by atoms with Crippen molar-refractivity contribution in [3.05, 3.63) is 11.3 Å². The summed E-state index contributed by atoms with van der Waals surface area (Å²) in [5.74, 6) is 1.15. The van der Waals surface area contributed by atoms with Crippen LogP contribution in [0.2, 0.25) is 0 Å². The third-order valence-corrected chi connectivity index (χ3v) is 2.51. The maximum Gasteiger partial charge on any atom is 0.109 e. The number of aliphatic hydroxyl groups is 1. The van der Waals surface area contributed by atoms with E-state index in [0.717, 1.165) is 37.0 Å². The molecule has 0 saturated carbocycles. The lowest BCUT2D eigenvalue weighted by Gasteiger charge is -2.07. The third kappa shape index (κ3) is 2.22. The predicted octanol–water partition coefficient (Wildman–Crippen LogP) is 1.59. The first-order valence-corrected chi connectivity index (χ1v) is 4.61. The average Bonchev–Trinajstić information content (AvgIpc) is 2.56. The lowest BCUT2D eigenvalue weighted by molar-refractivity contribution is 0.276. The molecular formula is C10H15NO2. The minimum Gasteiger partial charge on any atom is -0.500 e. The average molecular weight is 181 g/mol. The van der Waals surface area contributed by atoms with Gasteiger partial charge in [-0.2, -0.15) is 5.26 Å². The zero-order valence-electron chi connectivity index (χ0n) is 7.92. The van der Waals surface area contributed by atoms with Gasteiger partial charge in [-0.25, -0.2) is 0 Å². The van der Waals surface area contributed by atoms with E-state index in [-0.39, 0.29) is 6.61 Å². The van der Waals surface area contributed by atoms with Crippen LogP contribution in [0.15, 0.2) is 11.3 Å². The van der Waals surface area contributed by atoms with E-state index in [1.54, 1.807) is 7.11 Å². The normalized spacial score (nSPS) is 21.8. The number of hydrogen-bond donors (Lipinski definition) is 1. The molecule has 0 spiro atoms. The van der Waals surface area contributed by atoms with Gasteiger partial charge in [-0.3, -0.25) is 0 Å². The first kappa shape index (κ1) is 10.1. The van der Waals surface area contributed by atoms with E-state index in [0.29, 0.717) is 5.92 Å². The van der Waals surface area contributed by atoms with Gasteiger partial charge in [-0.05, 0) is 25.2 Å². The Balaban J connectivity index is 2.59. The smallest absolute Gasteiger partial charge is 0.109 e. The third-order valence-electron chi connectivity index (χ3n) is 2.51. The van der Waals surface area contributed by atoms with Gasteiger partial charge in [0.25, 0.3) is 0 Å². The van der Waals surface area contributed by atoms with Gasteiger partial charge in [-0.15, -0.1) is 0 Å². The fourth-order valence-corrected chi connectivity index (χ4v) is 1.80. The van der Waals surface area contributed by atoms with E-state index in [1.807, 2.05) is 0 Å². The Morgan fingerprint density at radius 3 is 3.00 bits per heavy atom. The van der Waals surface area contributed by atoms with Crippen molar-refractivity contribution in [3.8, 4) is 6.07 Å². The molecule has 0 heterocycles. The van der Waals surface area contributed by atoms with Crippen molar-refractivity contribution >= 4 is 0 Å². The summed E-state index contributed by atoms with van der Waals surface area (Å²) in [6.07, 6.45) is 3.53. The minimum atomic E-state index is 0.206. The van der Waals surface area contributed by atoms with Crippen molar-refractivity contribution in [3.63, 3.8) is 0 Å². The molecule has 0 aliphatic heterocycles. The summed E-state index contributed by atoms with van der Waals surface area (Å²) in [6, 6.07) is 2.20. The molecule has 0 aromatic rings. The molecule has 3 nitrogen and oxygen atoms in total. The zero-order valence-corrected chi connectivity index (χ0v) is 7.92. The van der Waals surface area contributed by atoms with Crippen LogP contribution in [0.3, 0.4) is 0 Å². The largest absolute Gasteiger partial charge is 0.500 e. The summed E-state index contributed by atoms with van der Waals surface area (Å²) in [5.41, 5.74) is 0.788. The molecule has 0 aromatic heterocycles. The number of allylic oxidation sites excluding steroid dienone is 2. The van der Waals surface area contributed by atoms with Gasteiger partial charge in [0.2, 0.25) is 0 Å². The van der Waals surface area contributed by atoms with E-state index >= 15 is 0 Å². The van der Waals surface area contributed by atoms with Crippen LogP contribution < -0.4 is 0 Å². The van der Waals surface area contributed by atoms with Crippen molar-refractivity contribution in [1.82, 2.24) is 0 Å². The number of nitrogens with zero attached hydrogens (tertiary/aromatic N) is 1. The van der Waals surface area contributed by atoms with Gasteiger partial charge in [0.05, 0.1) is 18.8 Å². The summed E-state index contributed by atoms with van der Waals surface area (Å²) in [4.78, 5) is 0. The van der Waals surface area contributed by atoms with Gasteiger partial charge in [0.1, 0.15) is 5.76 Å². The van der Waals surface area contributed by atoms with Crippen molar-refractivity contribution in [1.29, 1.82) is 5.26 Å². The monoisotopic (exact) mass is 181 g/mol. The quantitative estimate of drug-likeness (QED) is 0.716. The maximum atomic E-state index is 8.89. The molecule has 1 aliphatic carbocycles. The first-order chi connectivity index (χ1) is 6.33. The van der Waals surface area contributed by atoms with E-state index in [4.69, 9.17) is 15.1 Å². The number of ether oxygens (including phenoxy) is 1. The number of rotatable bonds is 4. The first-order valence-electron chi connectivity index (χ1n) is 4.61. The Hall–Kier alpha value is -1.01. The Morgan fingerprint density at radius 1 is 1.69 bits per heavy atom. The second kappa shape index (κ2) is 4.88. The Morgan fingerprint density at radius 2 is 2.46 bits per heavy atom. The fraction of sp³-hybridized carbons (Fsp3) is 0.700. The van der Waals surface area contributed by atoms with Crippen molar-refractivity contribution in [2.45, 2.75) is 25.7 Å². The SMILES string of the molecule is COC1=C(C#N)C(CCCO)CC1. The van der Waals surface area contributed by atoms with Crippen LogP contribution in [0.25, 0.3) is 0 Å².